The Bertz CT molecular complexity index is 538. The average Bonchev–Trinajstić information content (AvgIpc) is 2.24. The topological polar surface area (TPSA) is 0 Å². The normalized spacial score (nSPS) is 10.5. The minimum atomic E-state index is -1.19. The first-order chi connectivity index (χ1) is 7.59. The highest BCUT2D eigenvalue weighted by Crippen LogP contribution is 2.31. The van der Waals surface area contributed by atoms with Gasteiger partial charge in [-0.2, -0.15) is 0 Å². The van der Waals surface area contributed by atoms with Crippen LogP contribution in [0.15, 0.2) is 40.9 Å². The summed E-state index contributed by atoms with van der Waals surface area (Å²) in [5, 5.41) is 0. The van der Waals surface area contributed by atoms with Crippen LogP contribution in [0.25, 0.3) is 11.1 Å². The number of hydrogen-bond acceptors (Lipinski definition) is 0. The lowest BCUT2D eigenvalue weighted by Gasteiger charge is -2.06. The molecule has 2 rings (SSSR count). The third-order valence-corrected chi connectivity index (χ3v) is 2.85. The van der Waals surface area contributed by atoms with Gasteiger partial charge in [0.05, 0.1) is 0 Å². The summed E-state index contributed by atoms with van der Waals surface area (Å²) in [4.78, 5) is 0. The fourth-order valence-corrected chi connectivity index (χ4v) is 1.93. The van der Waals surface area contributed by atoms with Crippen molar-refractivity contribution >= 4 is 15.9 Å². The van der Waals surface area contributed by atoms with Crippen LogP contribution in [-0.4, -0.2) is 0 Å². The maximum absolute atomic E-state index is 13.5. The van der Waals surface area contributed by atoms with Crippen molar-refractivity contribution in [3.63, 3.8) is 0 Å². The maximum Gasteiger partial charge on any atom is 0.166 e. The van der Waals surface area contributed by atoms with Gasteiger partial charge in [-0.05, 0) is 17.7 Å². The van der Waals surface area contributed by atoms with Crippen LogP contribution in [0.5, 0.6) is 0 Å². The Morgan fingerprint density at radius 2 is 1.56 bits per heavy atom. The van der Waals surface area contributed by atoms with Gasteiger partial charge in [0, 0.05) is 16.1 Å². The van der Waals surface area contributed by atoms with E-state index in [-0.39, 0.29) is 5.56 Å². The van der Waals surface area contributed by atoms with Gasteiger partial charge in [-0.1, -0.05) is 34.1 Å². The van der Waals surface area contributed by atoms with Gasteiger partial charge < -0.3 is 0 Å². The standard InChI is InChI=1S/C12H6BrF3/c13-10-4-2-1-3-8(10)9-5-7(14)6-11(15)12(9)16/h1-6H. The molecule has 2 aromatic rings. The molecule has 0 saturated carbocycles. The van der Waals surface area contributed by atoms with E-state index in [1.54, 1.807) is 24.3 Å². The van der Waals surface area contributed by atoms with Crippen molar-refractivity contribution < 1.29 is 13.2 Å². The van der Waals surface area contributed by atoms with Crippen LogP contribution in [0, 0.1) is 17.5 Å². The van der Waals surface area contributed by atoms with Gasteiger partial charge >= 0.3 is 0 Å². The lowest BCUT2D eigenvalue weighted by atomic mass is 10.0. The van der Waals surface area contributed by atoms with Crippen LogP contribution in [0.3, 0.4) is 0 Å². The van der Waals surface area contributed by atoms with Crippen molar-refractivity contribution in [1.82, 2.24) is 0 Å². The Labute approximate surface area is 98.9 Å². The molecule has 16 heavy (non-hydrogen) atoms. The molecule has 0 saturated heterocycles. The second kappa shape index (κ2) is 4.29. The smallest absolute Gasteiger partial charge is 0.166 e. The first-order valence-electron chi connectivity index (χ1n) is 4.49. The number of rotatable bonds is 1. The zero-order valence-electron chi connectivity index (χ0n) is 7.98. The van der Waals surface area contributed by atoms with Gasteiger partial charge in [-0.25, -0.2) is 13.2 Å². The molecule has 0 aromatic heterocycles. The first-order valence-corrected chi connectivity index (χ1v) is 5.28. The molecular formula is C12H6BrF3. The Hall–Kier alpha value is -1.29. The third kappa shape index (κ3) is 1.97. The predicted molar refractivity (Wildman–Crippen MR) is 59.5 cm³/mol. The predicted octanol–water partition coefficient (Wildman–Crippen LogP) is 4.53. The van der Waals surface area contributed by atoms with Crippen molar-refractivity contribution in [1.29, 1.82) is 0 Å². The molecule has 0 radical (unpaired) electrons. The monoisotopic (exact) mass is 286 g/mol. The van der Waals surface area contributed by atoms with Crippen molar-refractivity contribution in [3.8, 4) is 11.1 Å². The van der Waals surface area contributed by atoms with Crippen LogP contribution in [0.1, 0.15) is 0 Å². The van der Waals surface area contributed by atoms with E-state index in [0.717, 1.165) is 6.07 Å². The summed E-state index contributed by atoms with van der Waals surface area (Å²) in [7, 11) is 0. The van der Waals surface area contributed by atoms with Gasteiger partial charge in [0.15, 0.2) is 11.6 Å². The summed E-state index contributed by atoms with van der Waals surface area (Å²) in [6, 6.07) is 8.16. The summed E-state index contributed by atoms with van der Waals surface area (Å²) in [6.07, 6.45) is 0. The molecule has 0 bridgehead atoms. The van der Waals surface area contributed by atoms with E-state index in [0.29, 0.717) is 16.1 Å². The largest absolute Gasteiger partial charge is 0.207 e. The highest BCUT2D eigenvalue weighted by atomic mass is 79.9. The van der Waals surface area contributed by atoms with Crippen molar-refractivity contribution in [2.75, 3.05) is 0 Å². The second-order valence-electron chi connectivity index (χ2n) is 3.23. The minimum absolute atomic E-state index is 0.0926. The van der Waals surface area contributed by atoms with Gasteiger partial charge in [0.2, 0.25) is 0 Å². The molecule has 0 fully saturated rings. The molecular weight excluding hydrogens is 281 g/mol. The number of hydrogen-bond donors (Lipinski definition) is 0. The van der Waals surface area contributed by atoms with E-state index in [1.807, 2.05) is 0 Å². The molecule has 0 aliphatic carbocycles. The summed E-state index contributed by atoms with van der Waals surface area (Å²) in [6.45, 7) is 0. The van der Waals surface area contributed by atoms with Crippen molar-refractivity contribution in [3.05, 3.63) is 58.3 Å². The molecule has 0 unspecified atom stereocenters. The lowest BCUT2D eigenvalue weighted by molar-refractivity contribution is 0.497. The van der Waals surface area contributed by atoms with Gasteiger partial charge in [-0.3, -0.25) is 0 Å². The van der Waals surface area contributed by atoms with Gasteiger partial charge in [-0.15, -0.1) is 0 Å². The summed E-state index contributed by atoms with van der Waals surface area (Å²) < 4.78 is 40.1. The summed E-state index contributed by atoms with van der Waals surface area (Å²) in [5.41, 5.74) is 0.323. The number of halogens is 4. The molecule has 2 aromatic carbocycles. The molecule has 0 heterocycles. The van der Waals surface area contributed by atoms with E-state index in [4.69, 9.17) is 0 Å². The van der Waals surface area contributed by atoms with Crippen molar-refractivity contribution in [2.45, 2.75) is 0 Å². The Morgan fingerprint density at radius 3 is 2.25 bits per heavy atom. The van der Waals surface area contributed by atoms with E-state index >= 15 is 0 Å². The quantitative estimate of drug-likeness (QED) is 0.676. The first kappa shape index (κ1) is 11.2. The Kier molecular flexibility index (Phi) is 3.01. The Morgan fingerprint density at radius 1 is 0.875 bits per heavy atom. The van der Waals surface area contributed by atoms with Crippen LogP contribution in [0.4, 0.5) is 13.2 Å². The zero-order chi connectivity index (χ0) is 11.7. The highest BCUT2D eigenvalue weighted by Gasteiger charge is 2.14. The van der Waals surface area contributed by atoms with Crippen molar-refractivity contribution in [2.24, 2.45) is 0 Å². The summed E-state index contributed by atoms with van der Waals surface area (Å²) >= 11 is 3.20. The molecule has 0 N–H and O–H groups in total. The fraction of sp³-hybridized carbons (Fsp3) is 0. The van der Waals surface area contributed by atoms with E-state index < -0.39 is 17.5 Å². The maximum atomic E-state index is 13.5. The molecule has 0 atom stereocenters. The van der Waals surface area contributed by atoms with Crippen LogP contribution >= 0.6 is 15.9 Å². The molecule has 0 aliphatic rings. The fourth-order valence-electron chi connectivity index (χ4n) is 1.43. The molecule has 0 nitrogen and oxygen atoms in total. The van der Waals surface area contributed by atoms with Crippen LogP contribution in [0.2, 0.25) is 0 Å². The molecule has 0 spiro atoms. The lowest BCUT2D eigenvalue weighted by Crippen LogP contribution is -1.92. The highest BCUT2D eigenvalue weighted by molar-refractivity contribution is 9.10. The van der Waals surface area contributed by atoms with Gasteiger partial charge in [0.1, 0.15) is 5.82 Å². The molecule has 82 valence electrons. The minimum Gasteiger partial charge on any atom is -0.207 e. The van der Waals surface area contributed by atoms with E-state index in [1.165, 1.54) is 0 Å². The average molecular weight is 287 g/mol. The van der Waals surface area contributed by atoms with E-state index in [2.05, 4.69) is 15.9 Å². The molecule has 4 heteroatoms. The molecule has 0 amide bonds. The third-order valence-electron chi connectivity index (χ3n) is 2.16. The Balaban J connectivity index is 2.69. The SMILES string of the molecule is Fc1cc(F)c(F)c(-c2ccccc2Br)c1. The van der Waals surface area contributed by atoms with E-state index in [9.17, 15) is 13.2 Å². The summed E-state index contributed by atoms with van der Waals surface area (Å²) in [5.74, 6) is -3.04. The number of benzene rings is 2. The van der Waals surface area contributed by atoms with Crippen LogP contribution < -0.4 is 0 Å². The van der Waals surface area contributed by atoms with Gasteiger partial charge in [0.25, 0.3) is 0 Å². The molecule has 0 aliphatic heterocycles. The zero-order valence-corrected chi connectivity index (χ0v) is 9.56. The van der Waals surface area contributed by atoms with Crippen LogP contribution in [-0.2, 0) is 0 Å². The second-order valence-corrected chi connectivity index (χ2v) is 4.08.